The Kier molecular flexibility index (Phi) is 3.47. The van der Waals surface area contributed by atoms with Gasteiger partial charge in [0.15, 0.2) is 0 Å². The van der Waals surface area contributed by atoms with E-state index < -0.39 is 17.6 Å². The molecule has 0 bridgehead atoms. The van der Waals surface area contributed by atoms with E-state index in [1.54, 1.807) is 5.38 Å². The predicted octanol–water partition coefficient (Wildman–Crippen LogP) is 3.19. The minimum absolute atomic E-state index is 0.183. The second-order valence-electron chi connectivity index (χ2n) is 3.37. The highest BCUT2D eigenvalue weighted by molar-refractivity contribution is 7.10. The number of nitrogens with zero attached hydrogens (tertiary/aromatic N) is 1. The molecular weight excluding hydrogens is 260 g/mol. The fourth-order valence-electron chi connectivity index (χ4n) is 1.33. The van der Waals surface area contributed by atoms with Crippen LogP contribution in [0.5, 0.6) is 0 Å². The van der Waals surface area contributed by atoms with Gasteiger partial charge in [0.05, 0.1) is 5.69 Å². The zero-order valence-electron chi connectivity index (χ0n) is 8.93. The summed E-state index contributed by atoms with van der Waals surface area (Å²) in [4.78, 5) is 14.4. The normalized spacial score (nSPS) is 11.0. The van der Waals surface area contributed by atoms with Gasteiger partial charge in [0.2, 0.25) is 0 Å². The van der Waals surface area contributed by atoms with Crippen molar-refractivity contribution < 1.29 is 18.7 Å². The van der Waals surface area contributed by atoms with Gasteiger partial charge in [0.25, 0.3) is 0 Å². The molecule has 1 aromatic carbocycles. The minimum Gasteiger partial charge on any atom is -0.478 e. The van der Waals surface area contributed by atoms with Crippen molar-refractivity contribution in [2.24, 2.45) is 0 Å². The lowest BCUT2D eigenvalue weighted by molar-refractivity contribution is -0.131. The number of hydrogen-bond acceptors (Lipinski definition) is 3. The van der Waals surface area contributed by atoms with Crippen molar-refractivity contribution in [3.63, 3.8) is 0 Å². The lowest BCUT2D eigenvalue weighted by Crippen LogP contribution is -1.87. The maximum Gasteiger partial charge on any atom is 0.328 e. The monoisotopic (exact) mass is 267 g/mol. The summed E-state index contributed by atoms with van der Waals surface area (Å²) in [7, 11) is 0. The summed E-state index contributed by atoms with van der Waals surface area (Å²) in [6.45, 7) is 0. The van der Waals surface area contributed by atoms with E-state index in [4.69, 9.17) is 5.11 Å². The number of carbonyl (C=O) groups is 1. The molecule has 6 heteroatoms. The molecule has 92 valence electrons. The van der Waals surface area contributed by atoms with Gasteiger partial charge in [-0.05, 0) is 18.2 Å². The summed E-state index contributed by atoms with van der Waals surface area (Å²) in [6.07, 6.45) is 2.27. The Balaban J connectivity index is 2.32. The van der Waals surface area contributed by atoms with Gasteiger partial charge in [-0.2, -0.15) is 0 Å². The molecule has 1 heterocycles. The molecule has 1 N–H and O–H groups in total. The van der Waals surface area contributed by atoms with Crippen LogP contribution in [0, 0.1) is 11.6 Å². The van der Waals surface area contributed by atoms with Gasteiger partial charge < -0.3 is 5.11 Å². The first-order valence-corrected chi connectivity index (χ1v) is 5.76. The van der Waals surface area contributed by atoms with Gasteiger partial charge in [-0.15, -0.1) is 11.3 Å². The average molecular weight is 267 g/mol. The van der Waals surface area contributed by atoms with E-state index in [-0.39, 0.29) is 5.56 Å². The Hall–Kier alpha value is -2.08. The van der Waals surface area contributed by atoms with E-state index in [1.165, 1.54) is 23.5 Å². The van der Waals surface area contributed by atoms with E-state index in [2.05, 4.69) is 4.98 Å². The van der Waals surface area contributed by atoms with Crippen LogP contribution in [-0.4, -0.2) is 16.1 Å². The first kappa shape index (κ1) is 12.4. The number of benzene rings is 1. The van der Waals surface area contributed by atoms with E-state index in [1.807, 2.05) is 0 Å². The van der Waals surface area contributed by atoms with Crippen LogP contribution in [0.2, 0.25) is 0 Å². The lowest BCUT2D eigenvalue weighted by Gasteiger charge is -1.98. The Morgan fingerprint density at radius 1 is 1.39 bits per heavy atom. The molecule has 2 rings (SSSR count). The highest BCUT2D eigenvalue weighted by Crippen LogP contribution is 2.25. The van der Waals surface area contributed by atoms with Crippen molar-refractivity contribution in [1.29, 1.82) is 0 Å². The molecule has 2 aromatic rings. The Morgan fingerprint density at radius 2 is 2.17 bits per heavy atom. The van der Waals surface area contributed by atoms with E-state index in [0.717, 1.165) is 18.2 Å². The highest BCUT2D eigenvalue weighted by atomic mass is 32.1. The average Bonchev–Trinajstić information content (AvgIpc) is 2.75. The zero-order chi connectivity index (χ0) is 13.1. The highest BCUT2D eigenvalue weighted by Gasteiger charge is 2.09. The standard InChI is InChI=1S/C12H7F2NO2S/c13-7-1-2-8(9(14)5-7)10-6-18-11(15-10)3-4-12(16)17/h1-6H,(H,16,17)/b4-3+. The van der Waals surface area contributed by atoms with Gasteiger partial charge in [-0.25, -0.2) is 18.6 Å². The Labute approximate surface area is 105 Å². The molecule has 0 saturated carbocycles. The van der Waals surface area contributed by atoms with Gasteiger partial charge in [0, 0.05) is 23.1 Å². The number of carboxylic acid groups (broad SMARTS) is 1. The molecule has 0 atom stereocenters. The van der Waals surface area contributed by atoms with Crippen LogP contribution in [0.1, 0.15) is 5.01 Å². The number of aromatic nitrogens is 1. The molecule has 0 aliphatic rings. The molecule has 0 fully saturated rings. The molecule has 0 saturated heterocycles. The van der Waals surface area contributed by atoms with Crippen molar-refractivity contribution in [3.8, 4) is 11.3 Å². The Bertz CT molecular complexity index is 622. The van der Waals surface area contributed by atoms with E-state index >= 15 is 0 Å². The molecule has 18 heavy (non-hydrogen) atoms. The molecule has 0 amide bonds. The summed E-state index contributed by atoms with van der Waals surface area (Å²) in [5.74, 6) is -2.44. The van der Waals surface area contributed by atoms with Gasteiger partial charge in [-0.1, -0.05) is 0 Å². The largest absolute Gasteiger partial charge is 0.478 e. The van der Waals surface area contributed by atoms with Crippen LogP contribution in [0.3, 0.4) is 0 Å². The number of hydrogen-bond donors (Lipinski definition) is 1. The molecule has 3 nitrogen and oxygen atoms in total. The van der Waals surface area contributed by atoms with Crippen LogP contribution in [-0.2, 0) is 4.79 Å². The second-order valence-corrected chi connectivity index (χ2v) is 4.26. The smallest absolute Gasteiger partial charge is 0.328 e. The van der Waals surface area contributed by atoms with Crippen molar-refractivity contribution in [1.82, 2.24) is 4.98 Å². The molecule has 0 spiro atoms. The molecule has 1 aromatic heterocycles. The summed E-state index contributed by atoms with van der Waals surface area (Å²) >= 11 is 1.18. The molecule has 0 aliphatic carbocycles. The molecule has 0 radical (unpaired) electrons. The third-order valence-corrected chi connectivity index (χ3v) is 2.91. The van der Waals surface area contributed by atoms with Crippen molar-refractivity contribution >= 4 is 23.4 Å². The first-order chi connectivity index (χ1) is 8.56. The fraction of sp³-hybridized carbons (Fsp3) is 0. The molecular formula is C12H7F2NO2S. The summed E-state index contributed by atoms with van der Waals surface area (Å²) in [6, 6.07) is 3.22. The third-order valence-electron chi connectivity index (χ3n) is 2.10. The van der Waals surface area contributed by atoms with Gasteiger partial charge >= 0.3 is 5.97 Å². The predicted molar refractivity (Wildman–Crippen MR) is 64.1 cm³/mol. The van der Waals surface area contributed by atoms with Crippen molar-refractivity contribution in [3.05, 3.63) is 46.3 Å². The summed E-state index contributed by atoms with van der Waals surface area (Å²) in [5.41, 5.74) is 0.533. The molecule has 0 aliphatic heterocycles. The Morgan fingerprint density at radius 3 is 2.83 bits per heavy atom. The summed E-state index contributed by atoms with van der Waals surface area (Å²) in [5, 5.41) is 10.5. The SMILES string of the molecule is O=C(O)/C=C/c1nc(-c2ccc(F)cc2F)cs1. The number of halogens is 2. The first-order valence-electron chi connectivity index (χ1n) is 4.88. The number of rotatable bonds is 3. The van der Waals surface area contributed by atoms with E-state index in [0.29, 0.717) is 10.7 Å². The van der Waals surface area contributed by atoms with Gasteiger partial charge in [0.1, 0.15) is 16.6 Å². The topological polar surface area (TPSA) is 50.2 Å². The van der Waals surface area contributed by atoms with Crippen LogP contribution >= 0.6 is 11.3 Å². The third kappa shape index (κ3) is 2.78. The lowest BCUT2D eigenvalue weighted by atomic mass is 10.1. The van der Waals surface area contributed by atoms with Crippen LogP contribution in [0.25, 0.3) is 17.3 Å². The van der Waals surface area contributed by atoms with Crippen LogP contribution < -0.4 is 0 Å². The van der Waals surface area contributed by atoms with Crippen molar-refractivity contribution in [2.75, 3.05) is 0 Å². The van der Waals surface area contributed by atoms with Crippen molar-refractivity contribution in [2.45, 2.75) is 0 Å². The maximum atomic E-state index is 13.5. The van der Waals surface area contributed by atoms with Crippen LogP contribution in [0.15, 0.2) is 29.7 Å². The number of aliphatic carboxylic acids is 1. The van der Waals surface area contributed by atoms with Gasteiger partial charge in [-0.3, -0.25) is 0 Å². The molecule has 0 unspecified atom stereocenters. The van der Waals surface area contributed by atoms with Crippen LogP contribution in [0.4, 0.5) is 8.78 Å². The zero-order valence-corrected chi connectivity index (χ0v) is 9.75. The quantitative estimate of drug-likeness (QED) is 0.869. The maximum absolute atomic E-state index is 13.5. The second kappa shape index (κ2) is 5.05. The number of carboxylic acids is 1. The minimum atomic E-state index is -1.08. The van der Waals surface area contributed by atoms with E-state index in [9.17, 15) is 13.6 Å². The number of thiazole rings is 1. The fourth-order valence-corrected chi connectivity index (χ4v) is 2.04. The summed E-state index contributed by atoms with van der Waals surface area (Å²) < 4.78 is 26.2.